The molecule has 0 radical (unpaired) electrons. The van der Waals surface area contributed by atoms with Gasteiger partial charge in [0.25, 0.3) is 15.9 Å². The van der Waals surface area contributed by atoms with Crippen molar-refractivity contribution in [1.82, 2.24) is 0 Å². The number of fused-ring (bicyclic) bond motifs is 1. The summed E-state index contributed by atoms with van der Waals surface area (Å²) < 4.78 is 33.8. The summed E-state index contributed by atoms with van der Waals surface area (Å²) >= 11 is 6.09. The predicted molar refractivity (Wildman–Crippen MR) is 126 cm³/mol. The van der Waals surface area contributed by atoms with Crippen molar-refractivity contribution >= 4 is 38.9 Å². The van der Waals surface area contributed by atoms with E-state index in [2.05, 4.69) is 10.0 Å². The summed E-state index contributed by atoms with van der Waals surface area (Å²) in [6, 6.07) is 16.7. The van der Waals surface area contributed by atoms with Crippen LogP contribution in [0.3, 0.4) is 0 Å². The van der Waals surface area contributed by atoms with Gasteiger partial charge in [-0.05, 0) is 79.3 Å². The molecule has 32 heavy (non-hydrogen) atoms. The molecule has 0 aliphatic heterocycles. The molecule has 4 rings (SSSR count). The molecule has 0 bridgehead atoms. The number of hydrogen-bond donors (Lipinski definition) is 2. The van der Waals surface area contributed by atoms with E-state index in [0.717, 1.165) is 19.3 Å². The third-order valence-corrected chi connectivity index (χ3v) is 7.16. The Morgan fingerprint density at radius 3 is 2.47 bits per heavy atom. The first-order chi connectivity index (χ1) is 15.4. The zero-order valence-corrected chi connectivity index (χ0v) is 19.1. The number of amides is 1. The van der Waals surface area contributed by atoms with E-state index in [1.54, 1.807) is 36.4 Å². The SMILES string of the molecule is COc1ccc(NC(=O)c2ccc3c(c2)CCCC3)cc1S(=O)(=O)Nc1ccccc1Cl. The fourth-order valence-corrected chi connectivity index (χ4v) is 5.30. The topological polar surface area (TPSA) is 84.5 Å². The van der Waals surface area contributed by atoms with Gasteiger partial charge in [-0.1, -0.05) is 29.8 Å². The van der Waals surface area contributed by atoms with Gasteiger partial charge in [0, 0.05) is 11.3 Å². The van der Waals surface area contributed by atoms with Crippen LogP contribution in [0.1, 0.15) is 34.3 Å². The highest BCUT2D eigenvalue weighted by Gasteiger charge is 2.22. The molecule has 0 aromatic heterocycles. The van der Waals surface area contributed by atoms with E-state index < -0.39 is 10.0 Å². The molecule has 3 aromatic carbocycles. The van der Waals surface area contributed by atoms with Crippen LogP contribution in [0.2, 0.25) is 5.02 Å². The number of para-hydroxylation sites is 1. The number of carbonyl (C=O) groups is 1. The summed E-state index contributed by atoms with van der Waals surface area (Å²) in [7, 11) is -2.64. The number of halogens is 1. The number of sulfonamides is 1. The third kappa shape index (κ3) is 4.74. The number of methoxy groups -OCH3 is 1. The molecule has 0 saturated carbocycles. The summed E-state index contributed by atoms with van der Waals surface area (Å²) in [4.78, 5) is 12.7. The fraction of sp³-hybridized carbons (Fsp3) is 0.208. The summed E-state index contributed by atoms with van der Waals surface area (Å²) in [5.41, 5.74) is 3.62. The number of carbonyl (C=O) groups excluding carboxylic acids is 1. The van der Waals surface area contributed by atoms with Crippen molar-refractivity contribution in [2.45, 2.75) is 30.6 Å². The van der Waals surface area contributed by atoms with Gasteiger partial charge in [0.05, 0.1) is 17.8 Å². The lowest BCUT2D eigenvalue weighted by Gasteiger charge is -2.17. The van der Waals surface area contributed by atoms with E-state index >= 15 is 0 Å². The average Bonchev–Trinajstić information content (AvgIpc) is 2.80. The molecule has 8 heteroatoms. The van der Waals surface area contributed by atoms with E-state index in [4.69, 9.17) is 16.3 Å². The molecule has 0 heterocycles. The normalized spacial score (nSPS) is 13.2. The number of benzene rings is 3. The van der Waals surface area contributed by atoms with E-state index in [9.17, 15) is 13.2 Å². The number of hydrogen-bond acceptors (Lipinski definition) is 4. The highest BCUT2D eigenvalue weighted by Crippen LogP contribution is 2.31. The summed E-state index contributed by atoms with van der Waals surface area (Å²) in [5.74, 6) is -0.151. The van der Waals surface area contributed by atoms with Gasteiger partial charge in [-0.15, -0.1) is 0 Å². The quantitative estimate of drug-likeness (QED) is 0.513. The van der Waals surface area contributed by atoms with Crippen LogP contribution in [0, 0.1) is 0 Å². The van der Waals surface area contributed by atoms with Crippen LogP contribution in [-0.4, -0.2) is 21.4 Å². The standard InChI is InChI=1S/C24H23ClN2O4S/c1-31-22-13-12-19(15-23(22)32(29,30)27-21-9-5-4-8-20(21)25)26-24(28)18-11-10-16-6-2-3-7-17(16)14-18/h4-5,8-15,27H,2-3,6-7H2,1H3,(H,26,28). The Balaban J connectivity index is 1.60. The van der Waals surface area contributed by atoms with Gasteiger partial charge in [-0.25, -0.2) is 8.42 Å². The monoisotopic (exact) mass is 470 g/mol. The molecule has 0 unspecified atom stereocenters. The lowest BCUT2D eigenvalue weighted by Crippen LogP contribution is -2.16. The molecule has 1 aliphatic rings. The van der Waals surface area contributed by atoms with Crippen molar-refractivity contribution in [3.05, 3.63) is 82.4 Å². The van der Waals surface area contributed by atoms with E-state index in [0.29, 0.717) is 11.3 Å². The Morgan fingerprint density at radius 2 is 1.72 bits per heavy atom. The van der Waals surface area contributed by atoms with Crippen molar-refractivity contribution in [2.75, 3.05) is 17.1 Å². The second-order valence-electron chi connectivity index (χ2n) is 7.60. The molecular weight excluding hydrogens is 448 g/mol. The van der Waals surface area contributed by atoms with Gasteiger partial charge < -0.3 is 10.1 Å². The number of nitrogens with one attached hydrogen (secondary N) is 2. The average molecular weight is 471 g/mol. The van der Waals surface area contributed by atoms with Gasteiger partial charge >= 0.3 is 0 Å². The third-order valence-electron chi connectivity index (χ3n) is 5.44. The Morgan fingerprint density at radius 1 is 0.969 bits per heavy atom. The van der Waals surface area contributed by atoms with Crippen LogP contribution in [0.25, 0.3) is 0 Å². The maximum atomic E-state index is 13.0. The molecule has 2 N–H and O–H groups in total. The zero-order valence-electron chi connectivity index (χ0n) is 17.5. The minimum absolute atomic E-state index is 0.108. The Labute approximate surface area is 192 Å². The molecule has 0 fully saturated rings. The Kier molecular flexibility index (Phi) is 6.39. The maximum Gasteiger partial charge on any atom is 0.265 e. The van der Waals surface area contributed by atoms with Gasteiger partial charge in [0.2, 0.25) is 0 Å². The second kappa shape index (κ2) is 9.22. The van der Waals surface area contributed by atoms with Crippen LogP contribution >= 0.6 is 11.6 Å². The van der Waals surface area contributed by atoms with E-state index in [1.807, 2.05) is 12.1 Å². The van der Waals surface area contributed by atoms with Crippen LogP contribution in [0.4, 0.5) is 11.4 Å². The van der Waals surface area contributed by atoms with Crippen molar-refractivity contribution in [3.8, 4) is 5.75 Å². The van der Waals surface area contributed by atoms with Crippen LogP contribution in [0.5, 0.6) is 5.75 Å². The highest BCUT2D eigenvalue weighted by atomic mass is 35.5. The first-order valence-electron chi connectivity index (χ1n) is 10.3. The van der Waals surface area contributed by atoms with Crippen LogP contribution in [0.15, 0.2) is 65.6 Å². The van der Waals surface area contributed by atoms with Gasteiger partial charge in [0.15, 0.2) is 0 Å². The molecule has 0 saturated heterocycles. The van der Waals surface area contributed by atoms with E-state index in [-0.39, 0.29) is 27.3 Å². The minimum atomic E-state index is -4.02. The van der Waals surface area contributed by atoms with Crippen molar-refractivity contribution in [1.29, 1.82) is 0 Å². The molecule has 1 amide bonds. The van der Waals surface area contributed by atoms with Gasteiger partial charge in [-0.3, -0.25) is 9.52 Å². The summed E-state index contributed by atoms with van der Waals surface area (Å²) in [6.45, 7) is 0. The summed E-state index contributed by atoms with van der Waals surface area (Å²) in [5, 5.41) is 3.06. The van der Waals surface area contributed by atoms with Crippen molar-refractivity contribution in [2.24, 2.45) is 0 Å². The molecule has 0 spiro atoms. The zero-order chi connectivity index (χ0) is 22.7. The number of anilines is 2. The number of ether oxygens (including phenoxy) is 1. The first kappa shape index (κ1) is 22.2. The van der Waals surface area contributed by atoms with Gasteiger partial charge in [0.1, 0.15) is 10.6 Å². The smallest absolute Gasteiger partial charge is 0.265 e. The van der Waals surface area contributed by atoms with Gasteiger partial charge in [-0.2, -0.15) is 0 Å². The molecule has 166 valence electrons. The number of aryl methyl sites for hydroxylation is 2. The van der Waals surface area contributed by atoms with Crippen LogP contribution in [-0.2, 0) is 22.9 Å². The Bertz CT molecular complexity index is 1270. The molecule has 1 aliphatic carbocycles. The van der Waals surface area contributed by atoms with Crippen molar-refractivity contribution in [3.63, 3.8) is 0 Å². The molecular formula is C24H23ClN2O4S. The highest BCUT2D eigenvalue weighted by molar-refractivity contribution is 7.92. The number of rotatable bonds is 6. The maximum absolute atomic E-state index is 13.0. The molecule has 6 nitrogen and oxygen atoms in total. The fourth-order valence-electron chi connectivity index (χ4n) is 3.79. The lowest BCUT2D eigenvalue weighted by molar-refractivity contribution is 0.102. The predicted octanol–water partition coefficient (Wildman–Crippen LogP) is 5.28. The van der Waals surface area contributed by atoms with E-state index in [1.165, 1.54) is 36.8 Å². The molecule has 0 atom stereocenters. The lowest BCUT2D eigenvalue weighted by atomic mass is 9.90. The van der Waals surface area contributed by atoms with Crippen molar-refractivity contribution < 1.29 is 17.9 Å². The Hall–Kier alpha value is -3.03. The molecule has 3 aromatic rings. The van der Waals surface area contributed by atoms with Crippen LogP contribution < -0.4 is 14.8 Å². The first-order valence-corrected chi connectivity index (χ1v) is 12.1. The largest absolute Gasteiger partial charge is 0.495 e. The minimum Gasteiger partial charge on any atom is -0.495 e. The summed E-state index contributed by atoms with van der Waals surface area (Å²) in [6.07, 6.45) is 4.30. The second-order valence-corrected chi connectivity index (χ2v) is 9.65.